The third kappa shape index (κ3) is 4.97. The van der Waals surface area contributed by atoms with Gasteiger partial charge in [0.25, 0.3) is 5.91 Å². The first-order valence-corrected chi connectivity index (χ1v) is 12.8. The Morgan fingerprint density at radius 2 is 1.86 bits per heavy atom. The number of para-hydroxylation sites is 2. The van der Waals surface area contributed by atoms with Crippen molar-refractivity contribution in [3.63, 3.8) is 0 Å². The molecule has 0 spiro atoms. The minimum atomic E-state index is -0.283. The largest absolute Gasteiger partial charge is 0.382 e. The van der Waals surface area contributed by atoms with Gasteiger partial charge in [-0.3, -0.25) is 14.9 Å². The highest BCUT2D eigenvalue weighted by atomic mass is 16.5. The number of aryl methyl sites for hydroxylation is 1. The van der Waals surface area contributed by atoms with Crippen LogP contribution in [0.5, 0.6) is 0 Å². The lowest BCUT2D eigenvalue weighted by molar-refractivity contribution is -0.121. The summed E-state index contributed by atoms with van der Waals surface area (Å²) in [6.45, 7) is 5.08. The van der Waals surface area contributed by atoms with Gasteiger partial charge in [0.05, 0.1) is 17.0 Å². The average Bonchev–Trinajstić information content (AvgIpc) is 3.27. The van der Waals surface area contributed by atoms with Crippen molar-refractivity contribution in [2.75, 3.05) is 31.6 Å². The van der Waals surface area contributed by atoms with E-state index in [0.717, 1.165) is 41.1 Å². The van der Waals surface area contributed by atoms with E-state index in [4.69, 9.17) is 9.72 Å². The first-order chi connectivity index (χ1) is 17.7. The first kappa shape index (κ1) is 24.0. The number of hydrogen-bond acceptors (Lipinski definition) is 4. The van der Waals surface area contributed by atoms with E-state index >= 15 is 0 Å². The second-order valence-electron chi connectivity index (χ2n) is 9.23. The van der Waals surface area contributed by atoms with E-state index in [-0.39, 0.29) is 17.7 Å². The van der Waals surface area contributed by atoms with Crippen molar-refractivity contribution in [2.24, 2.45) is 5.92 Å². The molecule has 36 heavy (non-hydrogen) atoms. The van der Waals surface area contributed by atoms with Crippen LogP contribution in [0.1, 0.15) is 36.5 Å². The normalized spacial score (nSPS) is 15.9. The van der Waals surface area contributed by atoms with E-state index in [0.29, 0.717) is 44.4 Å². The maximum Gasteiger partial charge on any atom is 0.254 e. The van der Waals surface area contributed by atoms with Gasteiger partial charge in [0.2, 0.25) is 11.9 Å². The zero-order chi connectivity index (χ0) is 24.9. The number of carbonyl (C=O) groups is 2. The van der Waals surface area contributed by atoms with Gasteiger partial charge in [-0.25, -0.2) is 4.98 Å². The van der Waals surface area contributed by atoms with Crippen molar-refractivity contribution in [1.82, 2.24) is 14.5 Å². The average molecular weight is 485 g/mol. The van der Waals surface area contributed by atoms with Gasteiger partial charge in [-0.2, -0.15) is 0 Å². The number of anilines is 1. The Morgan fingerprint density at radius 1 is 1.06 bits per heavy atom. The molecule has 0 bridgehead atoms. The summed E-state index contributed by atoms with van der Waals surface area (Å²) >= 11 is 0. The summed E-state index contributed by atoms with van der Waals surface area (Å²) in [5.41, 5.74) is 2.52. The van der Waals surface area contributed by atoms with E-state index in [1.165, 1.54) is 0 Å². The Hall–Kier alpha value is -3.71. The number of nitrogens with one attached hydrogen (secondary N) is 1. The van der Waals surface area contributed by atoms with Gasteiger partial charge in [-0.15, -0.1) is 0 Å². The number of fused-ring (bicyclic) bond motifs is 2. The zero-order valence-electron chi connectivity index (χ0n) is 20.7. The molecule has 0 saturated carbocycles. The fourth-order valence-corrected chi connectivity index (χ4v) is 5.04. The fourth-order valence-electron chi connectivity index (χ4n) is 5.04. The maximum absolute atomic E-state index is 13.4. The Kier molecular flexibility index (Phi) is 7.28. The standard InChI is InChI=1S/C29H32N4O3/c1-2-36-19-9-18-33-26-16-6-5-15-25(26)30-29(33)31-27(34)22-12-8-17-32(20-22)28(35)24-14-7-11-21-10-3-4-13-23(21)24/h3-7,10-11,13-16,22H,2,8-9,12,17-20H2,1H3,(H,30,31,34). The number of ether oxygens (including phenoxy) is 1. The second kappa shape index (κ2) is 10.9. The predicted molar refractivity (Wildman–Crippen MR) is 142 cm³/mol. The maximum atomic E-state index is 13.4. The zero-order valence-corrected chi connectivity index (χ0v) is 20.7. The summed E-state index contributed by atoms with van der Waals surface area (Å²) in [5, 5.41) is 5.06. The van der Waals surface area contributed by atoms with Crippen LogP contribution in [0.3, 0.4) is 0 Å². The van der Waals surface area contributed by atoms with Crippen LogP contribution in [0, 0.1) is 5.92 Å². The van der Waals surface area contributed by atoms with Gasteiger partial charge in [0, 0.05) is 38.4 Å². The molecule has 1 aliphatic heterocycles. The Balaban J connectivity index is 1.31. The lowest BCUT2D eigenvalue weighted by Gasteiger charge is -2.32. The number of rotatable bonds is 8. The van der Waals surface area contributed by atoms with Crippen LogP contribution >= 0.6 is 0 Å². The third-order valence-electron chi connectivity index (χ3n) is 6.86. The van der Waals surface area contributed by atoms with Crippen molar-refractivity contribution < 1.29 is 14.3 Å². The molecular formula is C29H32N4O3. The summed E-state index contributed by atoms with van der Waals surface area (Å²) in [4.78, 5) is 33.3. The molecule has 0 aliphatic carbocycles. The minimum Gasteiger partial charge on any atom is -0.382 e. The van der Waals surface area contributed by atoms with Gasteiger partial charge in [0.15, 0.2) is 0 Å². The summed E-state index contributed by atoms with van der Waals surface area (Å²) in [6, 6.07) is 21.6. The van der Waals surface area contributed by atoms with E-state index in [1.807, 2.05) is 83.1 Å². The molecule has 1 fully saturated rings. The summed E-state index contributed by atoms with van der Waals surface area (Å²) in [7, 11) is 0. The summed E-state index contributed by atoms with van der Waals surface area (Å²) in [6.07, 6.45) is 2.36. The third-order valence-corrected chi connectivity index (χ3v) is 6.86. The highest BCUT2D eigenvalue weighted by Crippen LogP contribution is 2.25. The van der Waals surface area contributed by atoms with Crippen molar-refractivity contribution >= 4 is 39.6 Å². The number of benzene rings is 3. The summed E-state index contributed by atoms with van der Waals surface area (Å²) in [5.74, 6) is 0.156. The second-order valence-corrected chi connectivity index (χ2v) is 9.23. The van der Waals surface area contributed by atoms with Crippen LogP contribution in [0.2, 0.25) is 0 Å². The van der Waals surface area contributed by atoms with Crippen molar-refractivity contribution in [3.8, 4) is 0 Å². The van der Waals surface area contributed by atoms with Gasteiger partial charge >= 0.3 is 0 Å². The molecule has 2 heterocycles. The molecule has 1 atom stereocenters. The van der Waals surface area contributed by atoms with Crippen molar-refractivity contribution in [1.29, 1.82) is 0 Å². The van der Waals surface area contributed by atoms with Gasteiger partial charge < -0.3 is 14.2 Å². The number of carbonyl (C=O) groups excluding carboxylic acids is 2. The number of nitrogens with zero attached hydrogens (tertiary/aromatic N) is 3. The lowest BCUT2D eigenvalue weighted by Crippen LogP contribution is -2.44. The van der Waals surface area contributed by atoms with Crippen LogP contribution in [0.25, 0.3) is 21.8 Å². The van der Waals surface area contributed by atoms with Gasteiger partial charge in [-0.1, -0.05) is 48.5 Å². The minimum absolute atomic E-state index is 0.0209. The van der Waals surface area contributed by atoms with Crippen LogP contribution < -0.4 is 5.32 Å². The molecule has 5 rings (SSSR count). The Morgan fingerprint density at radius 3 is 2.75 bits per heavy atom. The SMILES string of the molecule is CCOCCCn1c(NC(=O)C2CCCN(C(=O)c3cccc4ccccc34)C2)nc2ccccc21. The molecule has 186 valence electrons. The van der Waals surface area contributed by atoms with Crippen LogP contribution in [0.4, 0.5) is 5.95 Å². The highest BCUT2D eigenvalue weighted by molar-refractivity contribution is 6.07. The van der Waals surface area contributed by atoms with E-state index < -0.39 is 0 Å². The van der Waals surface area contributed by atoms with Crippen LogP contribution in [-0.2, 0) is 16.1 Å². The Bertz CT molecular complexity index is 1370. The van der Waals surface area contributed by atoms with Gasteiger partial charge in [-0.05, 0) is 55.2 Å². The number of amides is 2. The first-order valence-electron chi connectivity index (χ1n) is 12.8. The fraction of sp³-hybridized carbons (Fsp3) is 0.345. The van der Waals surface area contributed by atoms with Crippen LogP contribution in [0.15, 0.2) is 66.7 Å². The summed E-state index contributed by atoms with van der Waals surface area (Å²) < 4.78 is 7.55. The quantitative estimate of drug-likeness (QED) is 0.353. The van der Waals surface area contributed by atoms with E-state index in [1.54, 1.807) is 0 Å². The number of piperidine rings is 1. The van der Waals surface area contributed by atoms with Gasteiger partial charge in [0.1, 0.15) is 0 Å². The topological polar surface area (TPSA) is 76.5 Å². The molecule has 2 amide bonds. The smallest absolute Gasteiger partial charge is 0.254 e. The molecule has 1 unspecified atom stereocenters. The number of imidazole rings is 1. The molecule has 7 heteroatoms. The monoisotopic (exact) mass is 484 g/mol. The highest BCUT2D eigenvalue weighted by Gasteiger charge is 2.30. The molecular weight excluding hydrogens is 452 g/mol. The van der Waals surface area contributed by atoms with E-state index in [2.05, 4.69) is 5.32 Å². The molecule has 1 N–H and O–H groups in total. The molecule has 1 aliphatic rings. The number of likely N-dealkylation sites (tertiary alicyclic amines) is 1. The molecule has 0 radical (unpaired) electrons. The number of aromatic nitrogens is 2. The van der Waals surface area contributed by atoms with E-state index in [9.17, 15) is 9.59 Å². The molecule has 1 saturated heterocycles. The van der Waals surface area contributed by atoms with Crippen molar-refractivity contribution in [3.05, 3.63) is 72.3 Å². The van der Waals surface area contributed by atoms with Crippen molar-refractivity contribution in [2.45, 2.75) is 32.7 Å². The predicted octanol–water partition coefficient (Wildman–Crippen LogP) is 5.11. The molecule has 1 aromatic heterocycles. The molecule has 3 aromatic carbocycles. The molecule has 4 aromatic rings. The van der Waals surface area contributed by atoms with Crippen LogP contribution in [-0.4, -0.2) is 52.6 Å². The Labute approximate surface area is 211 Å². The lowest BCUT2D eigenvalue weighted by atomic mass is 9.95. The number of hydrogen-bond donors (Lipinski definition) is 1. The molecule has 7 nitrogen and oxygen atoms in total.